The van der Waals surface area contributed by atoms with Crippen LogP contribution in [0, 0.1) is 0 Å². The predicted molar refractivity (Wildman–Crippen MR) is 73.7 cm³/mol. The number of anilines is 1. The summed E-state index contributed by atoms with van der Waals surface area (Å²) in [4.78, 5) is 31.3. The number of H-pyrrole nitrogens is 1. The average Bonchev–Trinajstić information content (AvgIpc) is 2.33. The minimum atomic E-state index is -0.937. The van der Waals surface area contributed by atoms with Gasteiger partial charge in [0.05, 0.1) is 0 Å². The molecule has 6 nitrogen and oxygen atoms in total. The normalized spacial score (nSPS) is 12.5. The number of carboxylic acid groups (broad SMARTS) is 1. The number of aromatic nitrogens is 2. The van der Waals surface area contributed by atoms with Crippen molar-refractivity contribution < 1.29 is 9.90 Å². The first kappa shape index (κ1) is 15.2. The smallest absolute Gasteiger partial charge is 0.323 e. The zero-order valence-electron chi connectivity index (χ0n) is 11.8. The van der Waals surface area contributed by atoms with Crippen LogP contribution in [0.1, 0.15) is 45.9 Å². The number of rotatable bonds is 6. The fraction of sp³-hybridized carbons (Fsp3) is 0.615. The van der Waals surface area contributed by atoms with E-state index >= 15 is 0 Å². The molecule has 1 atom stereocenters. The van der Waals surface area contributed by atoms with E-state index in [1.54, 1.807) is 4.90 Å². The van der Waals surface area contributed by atoms with Crippen LogP contribution >= 0.6 is 0 Å². The van der Waals surface area contributed by atoms with Crippen molar-refractivity contribution in [3.05, 3.63) is 22.2 Å². The lowest BCUT2D eigenvalue weighted by atomic mass is 10.2. The van der Waals surface area contributed by atoms with E-state index in [1.165, 1.54) is 6.07 Å². The highest BCUT2D eigenvalue weighted by Gasteiger charge is 2.19. The summed E-state index contributed by atoms with van der Waals surface area (Å²) in [5.41, 5.74) is -0.257. The molecule has 6 heteroatoms. The summed E-state index contributed by atoms with van der Waals surface area (Å²) in [5, 5.41) is 8.98. The standard InChI is InChI=1S/C13H21N3O3/c1-5-9(4)16(7-12(18)19)10-6-11(17)15-13(14-10)8(2)3/h6,8-9H,5,7H2,1-4H3,(H,18,19)(H,14,15,17). The topological polar surface area (TPSA) is 86.3 Å². The number of nitrogens with one attached hydrogen (secondary N) is 1. The monoisotopic (exact) mass is 267 g/mol. The average molecular weight is 267 g/mol. The maximum atomic E-state index is 11.6. The first-order valence-corrected chi connectivity index (χ1v) is 6.44. The van der Waals surface area contributed by atoms with Crippen molar-refractivity contribution in [2.24, 2.45) is 0 Å². The lowest BCUT2D eigenvalue weighted by molar-refractivity contribution is -0.135. The Bertz CT molecular complexity index is 496. The first-order chi connectivity index (χ1) is 8.85. The molecule has 0 aliphatic carbocycles. The molecule has 0 spiro atoms. The number of aromatic amines is 1. The summed E-state index contributed by atoms with van der Waals surface area (Å²) < 4.78 is 0. The van der Waals surface area contributed by atoms with E-state index < -0.39 is 5.97 Å². The lowest BCUT2D eigenvalue weighted by Crippen LogP contribution is -2.38. The molecule has 0 aliphatic rings. The fourth-order valence-corrected chi connectivity index (χ4v) is 1.71. The highest BCUT2D eigenvalue weighted by atomic mass is 16.4. The highest BCUT2D eigenvalue weighted by molar-refractivity contribution is 5.73. The van der Waals surface area contributed by atoms with Gasteiger partial charge in [-0.25, -0.2) is 4.98 Å². The Labute approximate surface area is 112 Å². The highest BCUT2D eigenvalue weighted by Crippen LogP contribution is 2.16. The van der Waals surface area contributed by atoms with Crippen molar-refractivity contribution in [3.8, 4) is 0 Å². The molecule has 0 bridgehead atoms. The minimum Gasteiger partial charge on any atom is -0.480 e. The fourth-order valence-electron chi connectivity index (χ4n) is 1.71. The van der Waals surface area contributed by atoms with Crippen molar-refractivity contribution in [2.45, 2.75) is 46.1 Å². The van der Waals surface area contributed by atoms with E-state index in [2.05, 4.69) is 9.97 Å². The zero-order chi connectivity index (χ0) is 14.6. The van der Waals surface area contributed by atoms with Crippen molar-refractivity contribution in [1.82, 2.24) is 9.97 Å². The van der Waals surface area contributed by atoms with Gasteiger partial charge in [-0.05, 0) is 13.3 Å². The molecule has 0 aromatic carbocycles. The van der Waals surface area contributed by atoms with Gasteiger partial charge in [-0.15, -0.1) is 0 Å². The van der Waals surface area contributed by atoms with E-state index in [1.807, 2.05) is 27.7 Å². The van der Waals surface area contributed by atoms with E-state index in [4.69, 9.17) is 5.11 Å². The third-order valence-electron chi connectivity index (χ3n) is 3.02. The molecule has 0 amide bonds. The first-order valence-electron chi connectivity index (χ1n) is 6.44. The Morgan fingerprint density at radius 2 is 2.11 bits per heavy atom. The van der Waals surface area contributed by atoms with Gasteiger partial charge >= 0.3 is 5.97 Å². The molecule has 0 fully saturated rings. The SMILES string of the molecule is CCC(C)N(CC(=O)O)c1cc(=O)[nH]c(C(C)C)n1. The lowest BCUT2D eigenvalue weighted by Gasteiger charge is -2.28. The van der Waals surface area contributed by atoms with Crippen molar-refractivity contribution >= 4 is 11.8 Å². The molecular weight excluding hydrogens is 246 g/mol. The Hall–Kier alpha value is -1.85. The summed E-state index contributed by atoms with van der Waals surface area (Å²) >= 11 is 0. The number of nitrogens with zero attached hydrogens (tertiary/aromatic N) is 2. The van der Waals surface area contributed by atoms with E-state index in [0.717, 1.165) is 6.42 Å². The second-order valence-electron chi connectivity index (χ2n) is 4.92. The number of hydrogen-bond donors (Lipinski definition) is 2. The summed E-state index contributed by atoms with van der Waals surface area (Å²) in [6.45, 7) is 7.57. The predicted octanol–water partition coefficient (Wildman–Crippen LogP) is 1.58. The Morgan fingerprint density at radius 1 is 1.47 bits per heavy atom. The quantitative estimate of drug-likeness (QED) is 0.817. The van der Waals surface area contributed by atoms with E-state index in [9.17, 15) is 9.59 Å². The Kier molecular flexibility index (Phi) is 5.09. The van der Waals surface area contributed by atoms with Gasteiger partial charge in [0, 0.05) is 18.0 Å². The molecule has 1 heterocycles. The van der Waals surface area contributed by atoms with Crippen LogP contribution in [-0.2, 0) is 4.79 Å². The molecule has 106 valence electrons. The molecule has 0 saturated heterocycles. The van der Waals surface area contributed by atoms with E-state index in [0.29, 0.717) is 11.6 Å². The molecule has 2 N–H and O–H groups in total. The van der Waals surface area contributed by atoms with Crippen LogP contribution in [0.2, 0.25) is 0 Å². The van der Waals surface area contributed by atoms with Crippen LogP contribution in [0.4, 0.5) is 5.82 Å². The molecule has 1 rings (SSSR count). The molecule has 1 unspecified atom stereocenters. The maximum absolute atomic E-state index is 11.6. The van der Waals surface area contributed by atoms with Crippen LogP contribution in [0.15, 0.2) is 10.9 Å². The van der Waals surface area contributed by atoms with Gasteiger partial charge in [0.15, 0.2) is 0 Å². The molecule has 19 heavy (non-hydrogen) atoms. The van der Waals surface area contributed by atoms with Crippen LogP contribution < -0.4 is 10.5 Å². The van der Waals surface area contributed by atoms with Gasteiger partial charge in [0.25, 0.3) is 5.56 Å². The molecular formula is C13H21N3O3. The summed E-state index contributed by atoms with van der Waals surface area (Å²) in [7, 11) is 0. The number of hydrogen-bond acceptors (Lipinski definition) is 4. The van der Waals surface area contributed by atoms with Crippen molar-refractivity contribution in [3.63, 3.8) is 0 Å². The number of carbonyl (C=O) groups is 1. The molecule has 0 aliphatic heterocycles. The third kappa shape index (κ3) is 4.08. The Balaban J connectivity index is 3.21. The number of aliphatic carboxylic acids is 1. The molecule has 0 saturated carbocycles. The number of carboxylic acids is 1. The Morgan fingerprint density at radius 3 is 2.58 bits per heavy atom. The summed E-state index contributed by atoms with van der Waals surface area (Å²) in [5.74, 6) is 0.134. The van der Waals surface area contributed by atoms with Gasteiger partial charge < -0.3 is 15.0 Å². The van der Waals surface area contributed by atoms with Crippen molar-refractivity contribution in [1.29, 1.82) is 0 Å². The van der Waals surface area contributed by atoms with Gasteiger partial charge in [-0.3, -0.25) is 9.59 Å². The third-order valence-corrected chi connectivity index (χ3v) is 3.02. The maximum Gasteiger partial charge on any atom is 0.323 e. The van der Waals surface area contributed by atoms with Gasteiger partial charge in [0.2, 0.25) is 0 Å². The largest absolute Gasteiger partial charge is 0.480 e. The molecule has 0 radical (unpaired) electrons. The summed E-state index contributed by atoms with van der Waals surface area (Å²) in [6.07, 6.45) is 0.777. The van der Waals surface area contributed by atoms with Crippen LogP contribution in [0.3, 0.4) is 0 Å². The van der Waals surface area contributed by atoms with Gasteiger partial charge in [-0.1, -0.05) is 20.8 Å². The van der Waals surface area contributed by atoms with Gasteiger partial charge in [-0.2, -0.15) is 0 Å². The second kappa shape index (κ2) is 6.36. The van der Waals surface area contributed by atoms with E-state index in [-0.39, 0.29) is 24.1 Å². The molecule has 1 aromatic rings. The van der Waals surface area contributed by atoms with Crippen LogP contribution in [0.5, 0.6) is 0 Å². The molecule has 1 aromatic heterocycles. The summed E-state index contributed by atoms with van der Waals surface area (Å²) in [6, 6.07) is 1.35. The van der Waals surface area contributed by atoms with Crippen molar-refractivity contribution in [2.75, 3.05) is 11.4 Å². The van der Waals surface area contributed by atoms with Gasteiger partial charge in [0.1, 0.15) is 18.2 Å². The van der Waals surface area contributed by atoms with Crippen LogP contribution in [-0.4, -0.2) is 33.6 Å². The minimum absolute atomic E-state index is 0.00501. The second-order valence-corrected chi connectivity index (χ2v) is 4.92. The van der Waals surface area contributed by atoms with Crippen LogP contribution in [0.25, 0.3) is 0 Å². The zero-order valence-corrected chi connectivity index (χ0v) is 11.8.